The van der Waals surface area contributed by atoms with E-state index in [0.717, 1.165) is 87.0 Å². The second-order valence-corrected chi connectivity index (χ2v) is 11.3. The van der Waals surface area contributed by atoms with E-state index >= 15 is 0 Å². The van der Waals surface area contributed by atoms with Crippen molar-refractivity contribution in [2.45, 2.75) is 69.4 Å². The average molecular weight is 568 g/mol. The van der Waals surface area contributed by atoms with E-state index in [-0.39, 0.29) is 12.0 Å². The van der Waals surface area contributed by atoms with Gasteiger partial charge < -0.3 is 9.72 Å². The van der Waals surface area contributed by atoms with Crippen LogP contribution in [-0.4, -0.2) is 82.8 Å². The van der Waals surface area contributed by atoms with Gasteiger partial charge in [0.2, 0.25) is 11.7 Å². The molecule has 1 aliphatic carbocycles. The average Bonchev–Trinajstić information content (AvgIpc) is 3.71. The second-order valence-electron chi connectivity index (χ2n) is 11.3. The monoisotopic (exact) mass is 567 g/mol. The van der Waals surface area contributed by atoms with Gasteiger partial charge in [0, 0.05) is 55.1 Å². The van der Waals surface area contributed by atoms with E-state index < -0.39 is 12.0 Å². The number of hydrogen-bond acceptors (Lipinski definition) is 8. The molecular formula is C28H32F3N9O. The highest BCUT2D eigenvalue weighted by Crippen LogP contribution is 2.38. The van der Waals surface area contributed by atoms with Crippen molar-refractivity contribution in [2.24, 2.45) is 0 Å². The maximum Gasteiger partial charge on any atom is 0.451 e. The van der Waals surface area contributed by atoms with Gasteiger partial charge in [-0.25, -0.2) is 15.0 Å². The van der Waals surface area contributed by atoms with Crippen LogP contribution < -0.4 is 4.74 Å². The number of nitrogens with zero attached hydrogens (tertiary/aromatic N) is 8. The number of aromatic amines is 1. The van der Waals surface area contributed by atoms with Gasteiger partial charge in [-0.15, -0.1) is 0 Å². The lowest BCUT2D eigenvalue weighted by molar-refractivity contribution is -0.145. The van der Waals surface area contributed by atoms with Gasteiger partial charge in [-0.05, 0) is 57.7 Å². The van der Waals surface area contributed by atoms with Crippen molar-refractivity contribution in [2.75, 3.05) is 26.2 Å². The molecule has 0 unspecified atom stereocenters. The molecular weight excluding hydrogens is 535 g/mol. The van der Waals surface area contributed by atoms with E-state index in [1.807, 2.05) is 23.1 Å². The molecule has 0 radical (unpaired) electrons. The number of hydrogen-bond donors (Lipinski definition) is 1. The van der Waals surface area contributed by atoms with Crippen LogP contribution in [0.5, 0.6) is 5.88 Å². The van der Waals surface area contributed by atoms with Gasteiger partial charge in [0.05, 0.1) is 23.6 Å². The lowest BCUT2D eigenvalue weighted by Crippen LogP contribution is -2.50. The third kappa shape index (κ3) is 5.52. The van der Waals surface area contributed by atoms with E-state index in [0.29, 0.717) is 24.3 Å². The molecule has 0 amide bonds. The molecule has 0 atom stereocenters. The van der Waals surface area contributed by atoms with Crippen LogP contribution in [-0.2, 0) is 12.7 Å². The first-order chi connectivity index (χ1) is 19.9. The number of piperidine rings is 1. The van der Waals surface area contributed by atoms with Crippen molar-refractivity contribution in [3.8, 4) is 17.1 Å². The Hall–Kier alpha value is -3.58. The van der Waals surface area contributed by atoms with Gasteiger partial charge in [-0.2, -0.15) is 23.3 Å². The smallest absolute Gasteiger partial charge is 0.451 e. The van der Waals surface area contributed by atoms with Gasteiger partial charge >= 0.3 is 6.18 Å². The molecule has 2 aliphatic heterocycles. The van der Waals surface area contributed by atoms with Crippen LogP contribution in [0.2, 0.25) is 0 Å². The van der Waals surface area contributed by atoms with E-state index in [9.17, 15) is 13.2 Å². The molecule has 216 valence electrons. The van der Waals surface area contributed by atoms with E-state index in [4.69, 9.17) is 4.74 Å². The van der Waals surface area contributed by atoms with Crippen LogP contribution in [0.3, 0.4) is 0 Å². The number of likely N-dealkylation sites (tertiary alicyclic amines) is 2. The Balaban J connectivity index is 0.935. The number of rotatable bonds is 7. The molecule has 7 rings (SSSR count). The van der Waals surface area contributed by atoms with Crippen LogP contribution in [0.4, 0.5) is 13.2 Å². The zero-order chi connectivity index (χ0) is 28.0. The third-order valence-electron chi connectivity index (χ3n) is 8.57. The number of aromatic nitrogens is 7. The third-order valence-corrected chi connectivity index (χ3v) is 8.57. The Morgan fingerprint density at radius 2 is 1.80 bits per heavy atom. The molecule has 0 bridgehead atoms. The normalized spacial score (nSPS) is 22.8. The molecule has 3 aliphatic rings. The maximum atomic E-state index is 13.5. The van der Waals surface area contributed by atoms with E-state index in [1.165, 1.54) is 0 Å². The second kappa shape index (κ2) is 10.7. The van der Waals surface area contributed by atoms with Crippen LogP contribution in [0.25, 0.3) is 22.3 Å². The zero-order valence-corrected chi connectivity index (χ0v) is 22.6. The Bertz CT molecular complexity index is 1500. The largest absolute Gasteiger partial charge is 0.474 e. The van der Waals surface area contributed by atoms with Crippen LogP contribution >= 0.6 is 0 Å². The van der Waals surface area contributed by atoms with Crippen molar-refractivity contribution >= 4 is 11.0 Å². The summed E-state index contributed by atoms with van der Waals surface area (Å²) in [6, 6.07) is 4.36. The first-order valence-electron chi connectivity index (χ1n) is 14.3. The summed E-state index contributed by atoms with van der Waals surface area (Å²) in [7, 11) is 0. The van der Waals surface area contributed by atoms with Gasteiger partial charge in [-0.3, -0.25) is 14.5 Å². The van der Waals surface area contributed by atoms with Crippen LogP contribution in [0, 0.1) is 0 Å². The summed E-state index contributed by atoms with van der Waals surface area (Å²) in [5.74, 6) is -1.10. The Kier molecular flexibility index (Phi) is 6.86. The summed E-state index contributed by atoms with van der Waals surface area (Å²) in [5.41, 5.74) is 3.01. The minimum atomic E-state index is -4.61. The topological polar surface area (TPSA) is 101 Å². The lowest BCUT2D eigenvalue weighted by Gasteiger charge is -2.45. The Morgan fingerprint density at radius 3 is 2.59 bits per heavy atom. The standard InChI is InChI=1S/C28H32F3N9O/c29-28(30,31)27-36-19(16-38-7-1-2-8-38)11-24(37-27)41-22-4-9-39(10-5-22)20-12-21(13-20)40-15-18(14-35-40)25-23-3-6-32-26(23)34-17-33-25/h3,6,11,14-15,17,20-22H,1-2,4-5,7-10,12-13,16H2,(H,32,33,34). The van der Waals surface area contributed by atoms with Crippen molar-refractivity contribution in [3.63, 3.8) is 0 Å². The molecule has 2 saturated heterocycles. The highest BCUT2D eigenvalue weighted by molar-refractivity contribution is 5.89. The molecule has 0 spiro atoms. The predicted octanol–water partition coefficient (Wildman–Crippen LogP) is 4.47. The minimum absolute atomic E-state index is 0.0266. The van der Waals surface area contributed by atoms with Gasteiger partial charge in [0.15, 0.2) is 0 Å². The van der Waals surface area contributed by atoms with Crippen molar-refractivity contribution < 1.29 is 17.9 Å². The summed E-state index contributed by atoms with van der Waals surface area (Å²) in [5, 5.41) is 5.60. The molecule has 13 heteroatoms. The first kappa shape index (κ1) is 26.3. The number of nitrogens with one attached hydrogen (secondary N) is 1. The summed E-state index contributed by atoms with van der Waals surface area (Å²) in [6.45, 7) is 3.83. The molecule has 1 N–H and O–H groups in total. The zero-order valence-electron chi connectivity index (χ0n) is 22.6. The predicted molar refractivity (Wildman–Crippen MR) is 144 cm³/mol. The van der Waals surface area contributed by atoms with Crippen LogP contribution in [0.1, 0.15) is 56.1 Å². The molecule has 10 nitrogen and oxygen atoms in total. The SMILES string of the molecule is FC(F)(F)c1nc(CN2CCCC2)cc(OC2CCN(C3CC(n4cc(-c5ncnc6[nH]ccc56)cn4)C3)CC2)n1. The molecule has 41 heavy (non-hydrogen) atoms. The molecule has 4 aromatic rings. The highest BCUT2D eigenvalue weighted by Gasteiger charge is 2.38. The van der Waals surface area contributed by atoms with Crippen molar-refractivity contribution in [1.82, 2.24) is 44.5 Å². The van der Waals surface area contributed by atoms with Crippen molar-refractivity contribution in [1.29, 1.82) is 0 Å². The molecule has 0 aromatic carbocycles. The molecule has 3 fully saturated rings. The quantitative estimate of drug-likeness (QED) is 0.349. The number of alkyl halides is 3. The first-order valence-corrected chi connectivity index (χ1v) is 14.3. The van der Waals surface area contributed by atoms with Gasteiger partial charge in [0.25, 0.3) is 0 Å². The fourth-order valence-corrected chi connectivity index (χ4v) is 6.28. The van der Waals surface area contributed by atoms with E-state index in [1.54, 1.807) is 12.4 Å². The summed E-state index contributed by atoms with van der Waals surface area (Å²) in [6.07, 6.45) is 8.21. The molecule has 6 heterocycles. The summed E-state index contributed by atoms with van der Waals surface area (Å²) in [4.78, 5) is 24.0. The maximum absolute atomic E-state index is 13.5. The van der Waals surface area contributed by atoms with Crippen molar-refractivity contribution in [3.05, 3.63) is 48.6 Å². The number of ether oxygens (including phenoxy) is 1. The number of H-pyrrole nitrogens is 1. The van der Waals surface area contributed by atoms with Gasteiger partial charge in [-0.1, -0.05) is 0 Å². The summed E-state index contributed by atoms with van der Waals surface area (Å²) < 4.78 is 48.6. The number of halogens is 3. The fraction of sp³-hybridized carbons (Fsp3) is 0.536. The lowest BCUT2D eigenvalue weighted by atomic mass is 9.84. The van der Waals surface area contributed by atoms with E-state index in [2.05, 4.69) is 46.0 Å². The Morgan fingerprint density at radius 1 is 1.00 bits per heavy atom. The molecule has 1 saturated carbocycles. The minimum Gasteiger partial charge on any atom is -0.474 e. The number of fused-ring (bicyclic) bond motifs is 1. The Labute approximate surface area is 235 Å². The fourth-order valence-electron chi connectivity index (χ4n) is 6.28. The van der Waals surface area contributed by atoms with Crippen LogP contribution in [0.15, 0.2) is 37.1 Å². The summed E-state index contributed by atoms with van der Waals surface area (Å²) >= 11 is 0. The van der Waals surface area contributed by atoms with Gasteiger partial charge in [0.1, 0.15) is 18.1 Å². The molecule has 4 aromatic heterocycles. The highest BCUT2D eigenvalue weighted by atomic mass is 19.4.